The molecule has 4 heteroatoms. The minimum Gasteiger partial charge on any atom is -0.478 e. The van der Waals surface area contributed by atoms with Gasteiger partial charge < -0.3 is 5.11 Å². The Morgan fingerprint density at radius 2 is 2.11 bits per heavy atom. The fourth-order valence-corrected chi connectivity index (χ4v) is 3.30. The van der Waals surface area contributed by atoms with Crippen LogP contribution in [-0.2, 0) is 6.54 Å². The van der Waals surface area contributed by atoms with Gasteiger partial charge in [0.25, 0.3) is 0 Å². The van der Waals surface area contributed by atoms with Crippen molar-refractivity contribution in [3.8, 4) is 0 Å². The van der Waals surface area contributed by atoms with E-state index >= 15 is 0 Å². The Hall–Kier alpha value is -0.870. The first kappa shape index (κ1) is 14.5. The summed E-state index contributed by atoms with van der Waals surface area (Å²) in [6, 6.07) is 5.99. The predicted molar refractivity (Wildman–Crippen MR) is 79.4 cm³/mol. The fourth-order valence-electron chi connectivity index (χ4n) is 2.80. The first-order chi connectivity index (χ1) is 9.11. The van der Waals surface area contributed by atoms with E-state index in [9.17, 15) is 4.79 Å². The summed E-state index contributed by atoms with van der Waals surface area (Å²) in [6.45, 7) is 4.12. The van der Waals surface area contributed by atoms with Crippen molar-refractivity contribution >= 4 is 21.9 Å². The molecule has 3 nitrogen and oxygen atoms in total. The number of hydrogen-bond acceptors (Lipinski definition) is 2. The van der Waals surface area contributed by atoms with Gasteiger partial charge in [-0.3, -0.25) is 4.90 Å². The van der Waals surface area contributed by atoms with E-state index in [2.05, 4.69) is 27.8 Å². The van der Waals surface area contributed by atoms with Crippen molar-refractivity contribution < 1.29 is 9.90 Å². The standard InChI is InChI=1S/C15H20BrNO2/c1-2-17(13-5-3-4-6-13)10-12-8-7-11(15(18)19)9-14(12)16/h7-9,13H,2-6,10H2,1H3,(H,18,19). The van der Waals surface area contributed by atoms with E-state index in [1.54, 1.807) is 12.1 Å². The maximum absolute atomic E-state index is 10.9. The Morgan fingerprint density at radius 3 is 2.63 bits per heavy atom. The summed E-state index contributed by atoms with van der Waals surface area (Å²) in [4.78, 5) is 13.4. The van der Waals surface area contributed by atoms with Gasteiger partial charge in [0.05, 0.1) is 5.56 Å². The highest BCUT2D eigenvalue weighted by Gasteiger charge is 2.22. The molecule has 0 unspecified atom stereocenters. The van der Waals surface area contributed by atoms with Crippen LogP contribution in [0, 0.1) is 0 Å². The molecule has 0 saturated heterocycles. The number of rotatable bonds is 5. The largest absolute Gasteiger partial charge is 0.478 e. The Labute approximate surface area is 122 Å². The van der Waals surface area contributed by atoms with Crippen molar-refractivity contribution in [2.75, 3.05) is 6.54 Å². The summed E-state index contributed by atoms with van der Waals surface area (Å²) >= 11 is 3.49. The molecule has 1 aliphatic carbocycles. The van der Waals surface area contributed by atoms with Gasteiger partial charge in [-0.15, -0.1) is 0 Å². The van der Waals surface area contributed by atoms with E-state index in [0.29, 0.717) is 11.6 Å². The second-order valence-electron chi connectivity index (χ2n) is 5.11. The van der Waals surface area contributed by atoms with Crippen LogP contribution in [0.15, 0.2) is 22.7 Å². The molecule has 0 aliphatic heterocycles. The van der Waals surface area contributed by atoms with Crippen LogP contribution in [0.4, 0.5) is 0 Å². The lowest BCUT2D eigenvalue weighted by atomic mass is 10.1. The van der Waals surface area contributed by atoms with Crippen molar-refractivity contribution in [1.82, 2.24) is 4.90 Å². The van der Waals surface area contributed by atoms with Crippen molar-refractivity contribution in [2.24, 2.45) is 0 Å². The van der Waals surface area contributed by atoms with Gasteiger partial charge in [0.1, 0.15) is 0 Å². The van der Waals surface area contributed by atoms with Crippen LogP contribution in [-0.4, -0.2) is 28.6 Å². The number of benzene rings is 1. The van der Waals surface area contributed by atoms with E-state index < -0.39 is 5.97 Å². The highest BCUT2D eigenvalue weighted by atomic mass is 79.9. The predicted octanol–water partition coefficient (Wildman–Crippen LogP) is 3.91. The molecule has 104 valence electrons. The average molecular weight is 326 g/mol. The van der Waals surface area contributed by atoms with E-state index in [-0.39, 0.29) is 0 Å². The molecule has 0 atom stereocenters. The summed E-state index contributed by atoms with van der Waals surface area (Å²) < 4.78 is 0.892. The molecule has 0 amide bonds. The van der Waals surface area contributed by atoms with Crippen LogP contribution in [0.25, 0.3) is 0 Å². The molecular formula is C15H20BrNO2. The highest BCUT2D eigenvalue weighted by molar-refractivity contribution is 9.10. The van der Waals surface area contributed by atoms with E-state index in [0.717, 1.165) is 17.6 Å². The summed E-state index contributed by atoms with van der Waals surface area (Å²) in [6.07, 6.45) is 5.25. The third-order valence-corrected chi connectivity index (χ3v) is 4.66. The third-order valence-electron chi connectivity index (χ3n) is 3.92. The molecule has 1 saturated carbocycles. The van der Waals surface area contributed by atoms with Gasteiger partial charge in [-0.2, -0.15) is 0 Å². The molecule has 1 aromatic rings. The van der Waals surface area contributed by atoms with Gasteiger partial charge in [-0.25, -0.2) is 4.79 Å². The zero-order valence-electron chi connectivity index (χ0n) is 11.2. The fraction of sp³-hybridized carbons (Fsp3) is 0.533. The molecule has 19 heavy (non-hydrogen) atoms. The number of carboxylic acid groups (broad SMARTS) is 1. The zero-order valence-corrected chi connectivity index (χ0v) is 12.8. The minimum atomic E-state index is -0.879. The smallest absolute Gasteiger partial charge is 0.335 e. The number of carbonyl (C=O) groups is 1. The SMILES string of the molecule is CCN(Cc1ccc(C(=O)O)cc1Br)C1CCCC1. The van der Waals surface area contributed by atoms with Crippen molar-refractivity contribution in [3.05, 3.63) is 33.8 Å². The first-order valence-corrected chi connectivity index (χ1v) is 7.67. The number of hydrogen-bond donors (Lipinski definition) is 1. The molecule has 0 aromatic heterocycles. The molecule has 0 spiro atoms. The average Bonchev–Trinajstić information content (AvgIpc) is 2.91. The van der Waals surface area contributed by atoms with Crippen molar-refractivity contribution in [2.45, 2.75) is 45.2 Å². The number of halogens is 1. The molecule has 0 heterocycles. The number of aromatic carboxylic acids is 1. The molecular weight excluding hydrogens is 306 g/mol. The van der Waals surface area contributed by atoms with Crippen LogP contribution in [0.2, 0.25) is 0 Å². The Balaban J connectivity index is 2.10. The quantitative estimate of drug-likeness (QED) is 0.892. The number of carboxylic acids is 1. The van der Waals surface area contributed by atoms with Crippen LogP contribution < -0.4 is 0 Å². The van der Waals surface area contributed by atoms with Crippen molar-refractivity contribution in [3.63, 3.8) is 0 Å². The second-order valence-corrected chi connectivity index (χ2v) is 5.97. The molecule has 1 fully saturated rings. The van der Waals surface area contributed by atoms with Crippen LogP contribution >= 0.6 is 15.9 Å². The normalized spacial score (nSPS) is 16.2. The minimum absolute atomic E-state index is 0.333. The lowest BCUT2D eigenvalue weighted by Gasteiger charge is -2.27. The Bertz CT molecular complexity index is 455. The summed E-state index contributed by atoms with van der Waals surface area (Å²) in [5, 5.41) is 8.97. The Kier molecular flexibility index (Phi) is 4.99. The molecule has 2 rings (SSSR count). The zero-order chi connectivity index (χ0) is 13.8. The van der Waals surface area contributed by atoms with E-state index in [4.69, 9.17) is 5.11 Å². The molecule has 1 aromatic carbocycles. The lowest BCUT2D eigenvalue weighted by molar-refractivity contribution is 0.0696. The van der Waals surface area contributed by atoms with Crippen molar-refractivity contribution in [1.29, 1.82) is 0 Å². The van der Waals surface area contributed by atoms with Crippen LogP contribution in [0.5, 0.6) is 0 Å². The monoisotopic (exact) mass is 325 g/mol. The summed E-state index contributed by atoms with van der Waals surface area (Å²) in [5.74, 6) is -0.879. The second kappa shape index (κ2) is 6.53. The highest BCUT2D eigenvalue weighted by Crippen LogP contribution is 2.27. The summed E-state index contributed by atoms with van der Waals surface area (Å²) in [5.41, 5.74) is 1.50. The Morgan fingerprint density at radius 1 is 1.42 bits per heavy atom. The molecule has 1 aliphatic rings. The van der Waals surface area contributed by atoms with E-state index in [1.807, 2.05) is 6.07 Å². The molecule has 0 bridgehead atoms. The van der Waals surface area contributed by atoms with Gasteiger partial charge in [0.15, 0.2) is 0 Å². The van der Waals surface area contributed by atoms with Gasteiger partial charge >= 0.3 is 5.97 Å². The van der Waals surface area contributed by atoms with Gasteiger partial charge in [0.2, 0.25) is 0 Å². The maximum atomic E-state index is 10.9. The summed E-state index contributed by atoms with van der Waals surface area (Å²) in [7, 11) is 0. The topological polar surface area (TPSA) is 40.5 Å². The first-order valence-electron chi connectivity index (χ1n) is 6.87. The molecule has 1 N–H and O–H groups in total. The van der Waals surface area contributed by atoms with Gasteiger partial charge in [-0.1, -0.05) is 41.8 Å². The van der Waals surface area contributed by atoms with Crippen LogP contribution in [0.1, 0.15) is 48.5 Å². The van der Waals surface area contributed by atoms with Gasteiger partial charge in [0, 0.05) is 17.1 Å². The van der Waals surface area contributed by atoms with Gasteiger partial charge in [-0.05, 0) is 37.1 Å². The van der Waals surface area contributed by atoms with E-state index in [1.165, 1.54) is 31.2 Å². The molecule has 0 radical (unpaired) electrons. The maximum Gasteiger partial charge on any atom is 0.335 e. The number of nitrogens with zero attached hydrogens (tertiary/aromatic N) is 1. The third kappa shape index (κ3) is 3.57. The van der Waals surface area contributed by atoms with Crippen LogP contribution in [0.3, 0.4) is 0 Å². The lowest BCUT2D eigenvalue weighted by Crippen LogP contribution is -2.32.